The first-order valence-electron chi connectivity index (χ1n) is 6.77. The van der Waals surface area contributed by atoms with E-state index in [0.717, 1.165) is 16.5 Å². The maximum Gasteiger partial charge on any atom is 0.318 e. The number of nitrogens with one attached hydrogen (secondary N) is 1. The van der Waals surface area contributed by atoms with Crippen LogP contribution >= 0.6 is 0 Å². The fourth-order valence-electron chi connectivity index (χ4n) is 2.00. The summed E-state index contributed by atoms with van der Waals surface area (Å²) in [5.74, 6) is -1.62. The summed E-state index contributed by atoms with van der Waals surface area (Å²) >= 11 is 0. The van der Waals surface area contributed by atoms with Gasteiger partial charge in [-0.2, -0.15) is 0 Å². The van der Waals surface area contributed by atoms with E-state index in [-0.39, 0.29) is 0 Å². The third kappa shape index (κ3) is 3.18. The van der Waals surface area contributed by atoms with Crippen molar-refractivity contribution in [3.63, 3.8) is 0 Å². The number of carboxylic acids is 1. The number of nitrogens with zero attached hydrogens (tertiary/aromatic N) is 1. The van der Waals surface area contributed by atoms with E-state index in [2.05, 4.69) is 10.3 Å². The Hall–Kier alpha value is -2.43. The first kappa shape index (κ1) is 15.0. The zero-order chi connectivity index (χ0) is 15.5. The summed E-state index contributed by atoms with van der Waals surface area (Å²) in [5.41, 5.74) is 0.519. The van der Waals surface area contributed by atoms with Gasteiger partial charge in [0.15, 0.2) is 0 Å². The number of fused-ring (bicyclic) bond motifs is 1. The molecule has 0 bridgehead atoms. The van der Waals surface area contributed by atoms with Gasteiger partial charge in [0.1, 0.15) is 5.41 Å². The predicted octanol–water partition coefficient (Wildman–Crippen LogP) is 2.00. The molecule has 2 N–H and O–H groups in total. The second kappa shape index (κ2) is 5.91. The minimum Gasteiger partial charge on any atom is -0.480 e. The van der Waals surface area contributed by atoms with Gasteiger partial charge in [0.25, 0.3) is 0 Å². The number of para-hydroxylation sites is 1. The monoisotopic (exact) mass is 286 g/mol. The van der Waals surface area contributed by atoms with Gasteiger partial charge in [-0.05, 0) is 31.9 Å². The van der Waals surface area contributed by atoms with Gasteiger partial charge in [-0.15, -0.1) is 0 Å². The molecular formula is C16H18N2O3. The lowest BCUT2D eigenvalue weighted by Crippen LogP contribution is -2.43. The van der Waals surface area contributed by atoms with Crippen molar-refractivity contribution in [2.24, 2.45) is 5.41 Å². The molecule has 2 aromatic rings. The van der Waals surface area contributed by atoms with E-state index in [1.165, 1.54) is 13.8 Å². The highest BCUT2D eigenvalue weighted by Crippen LogP contribution is 2.17. The third-order valence-corrected chi connectivity index (χ3v) is 3.50. The van der Waals surface area contributed by atoms with Gasteiger partial charge < -0.3 is 10.4 Å². The van der Waals surface area contributed by atoms with Gasteiger partial charge in [0.05, 0.1) is 5.52 Å². The van der Waals surface area contributed by atoms with Gasteiger partial charge in [0, 0.05) is 18.1 Å². The zero-order valence-electron chi connectivity index (χ0n) is 12.1. The Balaban J connectivity index is 2.03. The molecule has 0 aliphatic carbocycles. The van der Waals surface area contributed by atoms with Crippen molar-refractivity contribution >= 4 is 22.8 Å². The highest BCUT2D eigenvalue weighted by molar-refractivity contribution is 6.00. The second-order valence-electron chi connectivity index (χ2n) is 5.43. The largest absolute Gasteiger partial charge is 0.480 e. The fourth-order valence-corrected chi connectivity index (χ4v) is 2.00. The van der Waals surface area contributed by atoms with Crippen molar-refractivity contribution in [2.75, 3.05) is 6.54 Å². The number of pyridine rings is 1. The summed E-state index contributed by atoms with van der Waals surface area (Å²) in [6, 6.07) is 9.76. The van der Waals surface area contributed by atoms with Crippen molar-refractivity contribution in [3.05, 3.63) is 42.1 Å². The first-order chi connectivity index (χ1) is 9.93. The molecule has 0 spiro atoms. The molecule has 0 unspecified atom stereocenters. The fraction of sp³-hybridized carbons (Fsp3) is 0.312. The lowest BCUT2D eigenvalue weighted by molar-refractivity contribution is -0.153. The molecule has 0 aliphatic heterocycles. The molecule has 5 heteroatoms. The number of aromatic nitrogens is 1. The van der Waals surface area contributed by atoms with Gasteiger partial charge >= 0.3 is 5.97 Å². The van der Waals surface area contributed by atoms with E-state index in [9.17, 15) is 9.59 Å². The number of carboxylic acid groups (broad SMARTS) is 1. The topological polar surface area (TPSA) is 79.3 Å². The van der Waals surface area contributed by atoms with Gasteiger partial charge in [-0.3, -0.25) is 14.6 Å². The van der Waals surface area contributed by atoms with E-state index in [1.54, 1.807) is 6.20 Å². The first-order valence-corrected chi connectivity index (χ1v) is 6.77. The van der Waals surface area contributed by atoms with Crippen LogP contribution in [-0.2, 0) is 16.0 Å². The summed E-state index contributed by atoms with van der Waals surface area (Å²) in [6.07, 6.45) is 2.34. The molecular weight excluding hydrogens is 268 g/mol. The Morgan fingerprint density at radius 3 is 2.67 bits per heavy atom. The lowest BCUT2D eigenvalue weighted by Gasteiger charge is -2.18. The van der Waals surface area contributed by atoms with Gasteiger partial charge in [-0.1, -0.05) is 24.3 Å². The number of aliphatic carboxylic acids is 1. The summed E-state index contributed by atoms with van der Waals surface area (Å²) in [5, 5.41) is 12.7. The average molecular weight is 286 g/mol. The number of hydrogen-bond acceptors (Lipinski definition) is 3. The highest BCUT2D eigenvalue weighted by atomic mass is 16.4. The number of carbonyl (C=O) groups is 2. The number of rotatable bonds is 5. The van der Waals surface area contributed by atoms with Crippen molar-refractivity contribution < 1.29 is 14.7 Å². The average Bonchev–Trinajstić information content (AvgIpc) is 2.47. The van der Waals surface area contributed by atoms with Crippen LogP contribution in [-0.4, -0.2) is 28.5 Å². The van der Waals surface area contributed by atoms with Gasteiger partial charge in [-0.25, -0.2) is 0 Å². The number of benzene rings is 1. The van der Waals surface area contributed by atoms with E-state index >= 15 is 0 Å². The van der Waals surface area contributed by atoms with Crippen LogP contribution in [0.25, 0.3) is 10.9 Å². The summed E-state index contributed by atoms with van der Waals surface area (Å²) < 4.78 is 0. The Morgan fingerprint density at radius 1 is 1.24 bits per heavy atom. The normalized spacial score (nSPS) is 11.3. The lowest BCUT2D eigenvalue weighted by atomic mass is 9.92. The maximum atomic E-state index is 11.9. The molecule has 0 fully saturated rings. The zero-order valence-corrected chi connectivity index (χ0v) is 12.1. The van der Waals surface area contributed by atoms with Crippen LogP contribution in [0.2, 0.25) is 0 Å². The van der Waals surface area contributed by atoms with Crippen LogP contribution in [0.4, 0.5) is 0 Å². The summed E-state index contributed by atoms with van der Waals surface area (Å²) in [6.45, 7) is 3.17. The van der Waals surface area contributed by atoms with Crippen molar-refractivity contribution in [2.45, 2.75) is 20.3 Å². The minimum atomic E-state index is -1.42. The van der Waals surface area contributed by atoms with Crippen LogP contribution in [0.5, 0.6) is 0 Å². The molecule has 1 aromatic heterocycles. The van der Waals surface area contributed by atoms with Crippen LogP contribution in [0.3, 0.4) is 0 Å². The van der Waals surface area contributed by atoms with E-state index in [4.69, 9.17) is 5.11 Å². The van der Waals surface area contributed by atoms with Crippen LogP contribution < -0.4 is 5.32 Å². The van der Waals surface area contributed by atoms with Crippen LogP contribution in [0.15, 0.2) is 36.5 Å². The standard InChI is InChI=1S/C16H18N2O3/c1-16(2,15(20)21)14(19)18-10-8-12-6-3-5-11-7-4-9-17-13(11)12/h3-7,9H,8,10H2,1-2H3,(H,18,19)(H,20,21). The molecule has 0 saturated carbocycles. The maximum absolute atomic E-state index is 11.9. The number of amides is 1. The second-order valence-corrected chi connectivity index (χ2v) is 5.43. The Morgan fingerprint density at radius 2 is 1.95 bits per heavy atom. The van der Waals surface area contributed by atoms with Crippen molar-refractivity contribution in [1.29, 1.82) is 0 Å². The molecule has 1 amide bonds. The molecule has 0 aliphatic rings. The molecule has 2 rings (SSSR count). The van der Waals surface area contributed by atoms with E-state index < -0.39 is 17.3 Å². The van der Waals surface area contributed by atoms with Gasteiger partial charge in [0.2, 0.25) is 5.91 Å². The van der Waals surface area contributed by atoms with Crippen molar-refractivity contribution in [1.82, 2.24) is 10.3 Å². The summed E-state index contributed by atoms with van der Waals surface area (Å²) in [4.78, 5) is 27.2. The quantitative estimate of drug-likeness (QED) is 0.824. The SMILES string of the molecule is CC(C)(C(=O)O)C(=O)NCCc1cccc2cccnc12. The van der Waals surface area contributed by atoms with Crippen LogP contribution in [0, 0.1) is 5.41 Å². The molecule has 5 nitrogen and oxygen atoms in total. The number of carbonyl (C=O) groups excluding carboxylic acids is 1. The smallest absolute Gasteiger partial charge is 0.318 e. The Kier molecular flexibility index (Phi) is 4.21. The third-order valence-electron chi connectivity index (χ3n) is 3.50. The predicted molar refractivity (Wildman–Crippen MR) is 79.9 cm³/mol. The molecule has 110 valence electrons. The molecule has 0 saturated heterocycles. The Bertz CT molecular complexity index is 675. The number of hydrogen-bond donors (Lipinski definition) is 2. The molecule has 21 heavy (non-hydrogen) atoms. The van der Waals surface area contributed by atoms with E-state index in [1.807, 2.05) is 30.3 Å². The minimum absolute atomic E-state index is 0.380. The van der Waals surface area contributed by atoms with E-state index in [0.29, 0.717) is 13.0 Å². The Labute approximate surface area is 123 Å². The van der Waals surface area contributed by atoms with Crippen LogP contribution in [0.1, 0.15) is 19.4 Å². The highest BCUT2D eigenvalue weighted by Gasteiger charge is 2.35. The molecule has 1 heterocycles. The molecule has 0 radical (unpaired) electrons. The van der Waals surface area contributed by atoms with Crippen molar-refractivity contribution in [3.8, 4) is 0 Å². The molecule has 0 atom stereocenters. The molecule has 1 aromatic carbocycles. The summed E-state index contributed by atoms with van der Waals surface area (Å²) in [7, 11) is 0.